The Balaban J connectivity index is 3.14. The predicted molar refractivity (Wildman–Crippen MR) is 48.9 cm³/mol. The monoisotopic (exact) mass is 208 g/mol. The van der Waals surface area contributed by atoms with Gasteiger partial charge in [-0.05, 0) is 24.3 Å². The van der Waals surface area contributed by atoms with Crippen molar-refractivity contribution in [1.29, 1.82) is 0 Å². The third-order valence-electron chi connectivity index (χ3n) is 1.50. The van der Waals surface area contributed by atoms with Crippen LogP contribution in [0.3, 0.4) is 0 Å². The van der Waals surface area contributed by atoms with Gasteiger partial charge in [-0.1, -0.05) is 11.6 Å². The van der Waals surface area contributed by atoms with Gasteiger partial charge < -0.3 is 0 Å². The Labute approximate surface area is 80.0 Å². The molecule has 0 amide bonds. The van der Waals surface area contributed by atoms with Gasteiger partial charge in [-0.3, -0.25) is 0 Å². The van der Waals surface area contributed by atoms with E-state index in [1.807, 2.05) is 0 Å². The van der Waals surface area contributed by atoms with E-state index < -0.39 is 11.6 Å². The fourth-order valence-corrected chi connectivity index (χ4v) is 1.31. The lowest BCUT2D eigenvalue weighted by Crippen LogP contribution is -1.97. The summed E-state index contributed by atoms with van der Waals surface area (Å²) in [7, 11) is 0. The largest absolute Gasteiger partial charge is 0.207 e. The first-order chi connectivity index (χ1) is 5.66. The zero-order valence-electron chi connectivity index (χ0n) is 6.15. The molecule has 0 nitrogen and oxygen atoms in total. The highest BCUT2D eigenvalue weighted by Gasteiger charge is 2.10. The summed E-state index contributed by atoms with van der Waals surface area (Å²) >= 11 is 9.34. The Morgan fingerprint density at radius 2 is 2.00 bits per heavy atom. The highest BCUT2D eigenvalue weighted by molar-refractivity contribution is 7.80. The SMILES string of the molecule is Fc1ccc(Cl)c(F)c1CCS. The summed E-state index contributed by atoms with van der Waals surface area (Å²) in [4.78, 5) is 0. The molecule has 1 aromatic rings. The van der Waals surface area contributed by atoms with Crippen LogP contribution in [0.15, 0.2) is 12.1 Å². The second-order valence-corrected chi connectivity index (χ2v) is 3.15. The van der Waals surface area contributed by atoms with Crippen molar-refractivity contribution < 1.29 is 8.78 Å². The standard InChI is InChI=1S/C8H7ClF2S/c9-6-1-2-7(10)5(3-4-12)8(6)11/h1-2,12H,3-4H2. The smallest absolute Gasteiger partial charge is 0.147 e. The molecule has 0 spiro atoms. The molecule has 0 aliphatic carbocycles. The van der Waals surface area contributed by atoms with Gasteiger partial charge in [0.1, 0.15) is 11.6 Å². The fourth-order valence-electron chi connectivity index (χ4n) is 0.910. The molecule has 0 N–H and O–H groups in total. The summed E-state index contributed by atoms with van der Waals surface area (Å²) in [5.41, 5.74) is 0.0116. The summed E-state index contributed by atoms with van der Waals surface area (Å²) in [6.07, 6.45) is 0.251. The lowest BCUT2D eigenvalue weighted by Gasteiger charge is -2.03. The number of rotatable bonds is 2. The quantitative estimate of drug-likeness (QED) is 0.561. The summed E-state index contributed by atoms with van der Waals surface area (Å²) in [5, 5.41) is -0.0480. The third-order valence-corrected chi connectivity index (χ3v) is 2.02. The molecule has 4 heteroatoms. The van der Waals surface area contributed by atoms with Crippen molar-refractivity contribution in [2.75, 3.05) is 5.75 Å². The molecule has 0 aliphatic heterocycles. The van der Waals surface area contributed by atoms with Crippen LogP contribution in [0, 0.1) is 11.6 Å². The summed E-state index contributed by atoms with van der Waals surface area (Å²) in [6, 6.07) is 2.36. The van der Waals surface area contributed by atoms with Crippen LogP contribution in [0.25, 0.3) is 0 Å². The second kappa shape index (κ2) is 4.10. The molecule has 0 aliphatic rings. The fraction of sp³-hybridized carbons (Fsp3) is 0.250. The van der Waals surface area contributed by atoms with Crippen molar-refractivity contribution >= 4 is 24.2 Å². The van der Waals surface area contributed by atoms with Crippen LogP contribution in [-0.4, -0.2) is 5.75 Å². The first kappa shape index (κ1) is 9.81. The molecule has 0 saturated heterocycles. The molecule has 0 fully saturated rings. The van der Waals surface area contributed by atoms with Crippen LogP contribution in [0.1, 0.15) is 5.56 Å². The molecule has 0 bridgehead atoms. The van der Waals surface area contributed by atoms with Crippen molar-refractivity contribution in [3.63, 3.8) is 0 Å². The minimum atomic E-state index is -0.675. The van der Waals surface area contributed by atoms with Gasteiger partial charge in [-0.15, -0.1) is 0 Å². The predicted octanol–water partition coefficient (Wildman–Crippen LogP) is 3.09. The van der Waals surface area contributed by atoms with Crippen LogP contribution in [-0.2, 0) is 6.42 Å². The van der Waals surface area contributed by atoms with Crippen molar-refractivity contribution in [2.45, 2.75) is 6.42 Å². The summed E-state index contributed by atoms with van der Waals surface area (Å²) in [5.74, 6) is -0.842. The number of hydrogen-bond donors (Lipinski definition) is 1. The number of benzene rings is 1. The van der Waals surface area contributed by atoms with Crippen molar-refractivity contribution in [2.24, 2.45) is 0 Å². The zero-order chi connectivity index (χ0) is 9.14. The average Bonchev–Trinajstić information content (AvgIpc) is 2.06. The maximum absolute atomic E-state index is 13.0. The maximum atomic E-state index is 13.0. The van der Waals surface area contributed by atoms with E-state index in [2.05, 4.69) is 12.6 Å². The molecular weight excluding hydrogens is 202 g/mol. The molecule has 0 aromatic heterocycles. The minimum Gasteiger partial charge on any atom is -0.207 e. The average molecular weight is 209 g/mol. The van der Waals surface area contributed by atoms with Gasteiger partial charge >= 0.3 is 0 Å². The highest BCUT2D eigenvalue weighted by Crippen LogP contribution is 2.21. The second-order valence-electron chi connectivity index (χ2n) is 2.30. The van der Waals surface area contributed by atoms with Crippen molar-refractivity contribution in [1.82, 2.24) is 0 Å². The van der Waals surface area contributed by atoms with Crippen LogP contribution in [0.4, 0.5) is 8.78 Å². The van der Waals surface area contributed by atoms with Gasteiger partial charge in [-0.2, -0.15) is 12.6 Å². The van der Waals surface area contributed by atoms with E-state index in [0.29, 0.717) is 5.75 Å². The Morgan fingerprint density at radius 1 is 1.33 bits per heavy atom. The molecule has 1 aromatic carbocycles. The molecule has 0 atom stereocenters. The lowest BCUT2D eigenvalue weighted by atomic mass is 10.1. The van der Waals surface area contributed by atoms with E-state index in [1.54, 1.807) is 0 Å². The molecule has 66 valence electrons. The van der Waals surface area contributed by atoms with E-state index in [-0.39, 0.29) is 17.0 Å². The molecule has 1 rings (SSSR count). The van der Waals surface area contributed by atoms with E-state index in [4.69, 9.17) is 11.6 Å². The van der Waals surface area contributed by atoms with E-state index in [0.717, 1.165) is 6.07 Å². The normalized spacial score (nSPS) is 10.3. The Hall–Kier alpha value is -0.280. The van der Waals surface area contributed by atoms with E-state index in [9.17, 15) is 8.78 Å². The third kappa shape index (κ3) is 1.90. The molecule has 12 heavy (non-hydrogen) atoms. The molecule has 0 heterocycles. The highest BCUT2D eigenvalue weighted by atomic mass is 35.5. The van der Waals surface area contributed by atoms with Crippen molar-refractivity contribution in [3.05, 3.63) is 34.4 Å². The lowest BCUT2D eigenvalue weighted by molar-refractivity contribution is 0.560. The van der Waals surface area contributed by atoms with Crippen LogP contribution in [0.2, 0.25) is 5.02 Å². The Bertz CT molecular complexity index is 289. The van der Waals surface area contributed by atoms with Gasteiger partial charge in [0.25, 0.3) is 0 Å². The Kier molecular flexibility index (Phi) is 3.35. The zero-order valence-corrected chi connectivity index (χ0v) is 7.80. The number of halogens is 3. The van der Waals surface area contributed by atoms with Gasteiger partial charge in [-0.25, -0.2) is 8.78 Å². The van der Waals surface area contributed by atoms with Gasteiger partial charge in [0.05, 0.1) is 5.02 Å². The summed E-state index contributed by atoms with van der Waals surface area (Å²) < 4.78 is 25.9. The van der Waals surface area contributed by atoms with Gasteiger partial charge in [0, 0.05) is 5.56 Å². The number of thiol groups is 1. The maximum Gasteiger partial charge on any atom is 0.147 e. The molecule has 0 radical (unpaired) electrons. The Morgan fingerprint density at radius 3 is 2.58 bits per heavy atom. The first-order valence-electron chi connectivity index (χ1n) is 3.40. The van der Waals surface area contributed by atoms with Crippen LogP contribution in [0.5, 0.6) is 0 Å². The molecule has 0 saturated carbocycles. The summed E-state index contributed by atoms with van der Waals surface area (Å²) in [6.45, 7) is 0. The van der Waals surface area contributed by atoms with Crippen LogP contribution >= 0.6 is 24.2 Å². The minimum absolute atomic E-state index is 0.0116. The van der Waals surface area contributed by atoms with E-state index in [1.165, 1.54) is 6.07 Å². The number of hydrogen-bond acceptors (Lipinski definition) is 1. The van der Waals surface area contributed by atoms with Crippen LogP contribution < -0.4 is 0 Å². The van der Waals surface area contributed by atoms with E-state index >= 15 is 0 Å². The molecular formula is C8H7ClF2S. The first-order valence-corrected chi connectivity index (χ1v) is 4.41. The topological polar surface area (TPSA) is 0 Å². The van der Waals surface area contributed by atoms with Gasteiger partial charge in [0.15, 0.2) is 0 Å². The van der Waals surface area contributed by atoms with Gasteiger partial charge in [0.2, 0.25) is 0 Å². The van der Waals surface area contributed by atoms with Crippen molar-refractivity contribution in [3.8, 4) is 0 Å². The molecule has 0 unspecified atom stereocenters.